The molecule has 8 nitrogen and oxygen atoms in total. The third kappa shape index (κ3) is 2.30. The number of phenolic OH excluding ortho intramolecular Hbond substituents is 1. The van der Waals surface area contributed by atoms with Crippen molar-refractivity contribution >= 4 is 5.91 Å². The number of amides is 1. The standard InChI is InChI=1S/C16H18N4O4/c1-23-14-4-2-3-11(15(14)21)16(22)19-6-5-13-12(8-19)20-10(9-24-13)7-17-18-20/h2-4,7,12-13,21H,5-6,8-9H2,1H3/t12-,13+/m1/s1. The first-order chi connectivity index (χ1) is 11.7. The Hall–Kier alpha value is -2.61. The highest BCUT2D eigenvalue weighted by Gasteiger charge is 2.38. The largest absolute Gasteiger partial charge is 0.504 e. The summed E-state index contributed by atoms with van der Waals surface area (Å²) in [5.41, 5.74) is 1.15. The number of rotatable bonds is 2. The lowest BCUT2D eigenvalue weighted by atomic mass is 9.99. The maximum absolute atomic E-state index is 12.8. The Balaban J connectivity index is 1.60. The van der Waals surface area contributed by atoms with Gasteiger partial charge in [0.1, 0.15) is 0 Å². The molecule has 1 fully saturated rings. The van der Waals surface area contributed by atoms with E-state index in [9.17, 15) is 9.90 Å². The summed E-state index contributed by atoms with van der Waals surface area (Å²) in [7, 11) is 1.46. The van der Waals surface area contributed by atoms with Crippen LogP contribution >= 0.6 is 0 Å². The summed E-state index contributed by atoms with van der Waals surface area (Å²) in [6, 6.07) is 4.86. The fourth-order valence-corrected chi connectivity index (χ4v) is 3.39. The van der Waals surface area contributed by atoms with Crippen molar-refractivity contribution in [3.63, 3.8) is 0 Å². The fourth-order valence-electron chi connectivity index (χ4n) is 3.39. The lowest BCUT2D eigenvalue weighted by molar-refractivity contribution is -0.0605. The Labute approximate surface area is 138 Å². The summed E-state index contributed by atoms with van der Waals surface area (Å²) < 4.78 is 12.8. The van der Waals surface area contributed by atoms with Gasteiger partial charge in [-0.15, -0.1) is 5.10 Å². The van der Waals surface area contributed by atoms with Gasteiger partial charge in [-0.05, 0) is 18.6 Å². The van der Waals surface area contributed by atoms with E-state index in [0.29, 0.717) is 19.7 Å². The van der Waals surface area contributed by atoms with Gasteiger partial charge in [0.2, 0.25) is 0 Å². The second-order valence-electron chi connectivity index (χ2n) is 5.98. The normalized spacial score (nSPS) is 22.6. The number of carbonyl (C=O) groups is 1. The number of likely N-dealkylation sites (tertiary alicyclic amines) is 1. The average Bonchev–Trinajstić information content (AvgIpc) is 3.10. The van der Waals surface area contributed by atoms with Gasteiger partial charge < -0.3 is 19.5 Å². The van der Waals surface area contributed by atoms with Crippen LogP contribution in [-0.2, 0) is 11.3 Å². The zero-order chi connectivity index (χ0) is 16.7. The number of phenols is 1. The molecule has 2 aromatic rings. The topological polar surface area (TPSA) is 89.7 Å². The molecule has 3 heterocycles. The van der Waals surface area contributed by atoms with Gasteiger partial charge in [-0.1, -0.05) is 11.3 Å². The van der Waals surface area contributed by atoms with E-state index in [0.717, 1.165) is 12.1 Å². The predicted molar refractivity (Wildman–Crippen MR) is 82.8 cm³/mol. The number of hydrogen-bond acceptors (Lipinski definition) is 6. The maximum Gasteiger partial charge on any atom is 0.257 e. The van der Waals surface area contributed by atoms with E-state index in [2.05, 4.69) is 10.3 Å². The van der Waals surface area contributed by atoms with E-state index in [1.165, 1.54) is 7.11 Å². The molecule has 1 amide bonds. The maximum atomic E-state index is 12.8. The van der Waals surface area contributed by atoms with Crippen LogP contribution in [0.3, 0.4) is 0 Å². The molecule has 1 aromatic carbocycles. The number of fused-ring (bicyclic) bond motifs is 3. The molecule has 4 rings (SSSR count). The number of carbonyl (C=O) groups excluding carboxylic acids is 1. The fraction of sp³-hybridized carbons (Fsp3) is 0.438. The molecule has 1 N–H and O–H groups in total. The molecule has 8 heteroatoms. The van der Waals surface area contributed by atoms with Crippen molar-refractivity contribution in [2.45, 2.75) is 25.2 Å². The summed E-state index contributed by atoms with van der Waals surface area (Å²) in [5.74, 6) is -0.0687. The highest BCUT2D eigenvalue weighted by Crippen LogP contribution is 2.34. The van der Waals surface area contributed by atoms with E-state index in [4.69, 9.17) is 9.47 Å². The molecule has 2 atom stereocenters. The van der Waals surface area contributed by atoms with Gasteiger partial charge >= 0.3 is 0 Å². The van der Waals surface area contributed by atoms with Crippen LogP contribution in [0.2, 0.25) is 0 Å². The first-order valence-corrected chi connectivity index (χ1v) is 7.85. The molecule has 126 valence electrons. The van der Waals surface area contributed by atoms with Crippen LogP contribution in [0, 0.1) is 0 Å². The van der Waals surface area contributed by atoms with E-state index < -0.39 is 0 Å². The van der Waals surface area contributed by atoms with Crippen LogP contribution < -0.4 is 4.74 Å². The van der Waals surface area contributed by atoms with Crippen molar-refractivity contribution in [2.24, 2.45) is 0 Å². The number of para-hydroxylation sites is 1. The van der Waals surface area contributed by atoms with Crippen molar-refractivity contribution < 1.29 is 19.4 Å². The quantitative estimate of drug-likeness (QED) is 0.883. The molecule has 2 aliphatic rings. The Morgan fingerprint density at radius 1 is 1.46 bits per heavy atom. The van der Waals surface area contributed by atoms with Crippen molar-refractivity contribution in [2.75, 3.05) is 20.2 Å². The van der Waals surface area contributed by atoms with Crippen LogP contribution in [-0.4, -0.2) is 57.2 Å². The summed E-state index contributed by atoms with van der Waals surface area (Å²) in [6.07, 6.45) is 2.44. The van der Waals surface area contributed by atoms with Gasteiger partial charge in [-0.3, -0.25) is 4.79 Å². The molecule has 24 heavy (non-hydrogen) atoms. The Morgan fingerprint density at radius 3 is 3.17 bits per heavy atom. The summed E-state index contributed by atoms with van der Waals surface area (Å²) in [6.45, 7) is 1.54. The first-order valence-electron chi connectivity index (χ1n) is 7.85. The molecule has 0 radical (unpaired) electrons. The number of aromatic hydroxyl groups is 1. The van der Waals surface area contributed by atoms with Gasteiger partial charge in [-0.2, -0.15) is 0 Å². The lowest BCUT2D eigenvalue weighted by Gasteiger charge is -2.41. The third-order valence-electron chi connectivity index (χ3n) is 4.67. The lowest BCUT2D eigenvalue weighted by Crippen LogP contribution is -2.49. The second kappa shape index (κ2) is 5.79. The SMILES string of the molecule is COc1cccc(C(=O)N2CC[C@@H]3OCc4cnnn4[C@@H]3C2)c1O. The van der Waals surface area contributed by atoms with Crippen LogP contribution in [0.4, 0.5) is 0 Å². The molecule has 1 saturated heterocycles. The van der Waals surface area contributed by atoms with Gasteiger partial charge in [0.05, 0.1) is 43.3 Å². The van der Waals surface area contributed by atoms with Gasteiger partial charge in [0.15, 0.2) is 11.5 Å². The minimum Gasteiger partial charge on any atom is -0.504 e. The number of benzene rings is 1. The van der Waals surface area contributed by atoms with Crippen molar-refractivity contribution in [3.8, 4) is 11.5 Å². The van der Waals surface area contributed by atoms with Crippen molar-refractivity contribution in [1.82, 2.24) is 19.9 Å². The summed E-state index contributed by atoms with van der Waals surface area (Å²) in [4.78, 5) is 14.6. The van der Waals surface area contributed by atoms with Crippen molar-refractivity contribution in [1.29, 1.82) is 0 Å². The number of aromatic nitrogens is 3. The third-order valence-corrected chi connectivity index (χ3v) is 4.67. The summed E-state index contributed by atoms with van der Waals surface area (Å²) >= 11 is 0. The molecular formula is C16H18N4O4. The zero-order valence-corrected chi connectivity index (χ0v) is 13.3. The molecule has 0 saturated carbocycles. The molecular weight excluding hydrogens is 312 g/mol. The zero-order valence-electron chi connectivity index (χ0n) is 13.3. The number of ether oxygens (including phenoxy) is 2. The Kier molecular flexibility index (Phi) is 3.61. The van der Waals surface area contributed by atoms with Crippen LogP contribution in [0.25, 0.3) is 0 Å². The molecule has 0 spiro atoms. The van der Waals surface area contributed by atoms with Crippen molar-refractivity contribution in [3.05, 3.63) is 35.7 Å². The van der Waals surface area contributed by atoms with Crippen LogP contribution in [0.1, 0.15) is 28.5 Å². The van der Waals surface area contributed by atoms with E-state index in [1.807, 2.05) is 4.68 Å². The number of hydrogen-bond donors (Lipinski definition) is 1. The highest BCUT2D eigenvalue weighted by molar-refractivity contribution is 5.97. The van der Waals surface area contributed by atoms with Crippen LogP contribution in [0.5, 0.6) is 11.5 Å². The minimum absolute atomic E-state index is 0.0298. The first kappa shape index (κ1) is 14.9. The van der Waals surface area contributed by atoms with Gasteiger partial charge in [-0.25, -0.2) is 4.68 Å². The Bertz CT molecular complexity index is 775. The van der Waals surface area contributed by atoms with Crippen LogP contribution in [0.15, 0.2) is 24.4 Å². The Morgan fingerprint density at radius 2 is 2.33 bits per heavy atom. The molecule has 0 bridgehead atoms. The molecule has 2 aliphatic heterocycles. The van der Waals surface area contributed by atoms with E-state index >= 15 is 0 Å². The smallest absolute Gasteiger partial charge is 0.257 e. The molecule has 0 aliphatic carbocycles. The monoisotopic (exact) mass is 330 g/mol. The van der Waals surface area contributed by atoms with Gasteiger partial charge in [0, 0.05) is 13.1 Å². The second-order valence-corrected chi connectivity index (χ2v) is 5.98. The van der Waals surface area contributed by atoms with Gasteiger partial charge in [0.25, 0.3) is 5.91 Å². The molecule has 1 aromatic heterocycles. The average molecular weight is 330 g/mol. The number of nitrogens with zero attached hydrogens (tertiary/aromatic N) is 4. The molecule has 0 unspecified atom stereocenters. The summed E-state index contributed by atoms with van der Waals surface area (Å²) in [5, 5.41) is 18.3. The van der Waals surface area contributed by atoms with E-state index in [1.54, 1.807) is 29.3 Å². The number of methoxy groups -OCH3 is 1. The number of piperidine rings is 1. The predicted octanol–water partition coefficient (Wildman–Crippen LogP) is 0.978. The highest BCUT2D eigenvalue weighted by atomic mass is 16.5. The van der Waals surface area contributed by atoms with E-state index in [-0.39, 0.29) is 35.1 Å². The minimum atomic E-state index is -0.225.